The van der Waals surface area contributed by atoms with Gasteiger partial charge in [0, 0.05) is 5.56 Å². The van der Waals surface area contributed by atoms with E-state index < -0.39 is 0 Å². The van der Waals surface area contributed by atoms with Gasteiger partial charge in [-0.2, -0.15) is 0 Å². The molecule has 0 aliphatic rings. The van der Waals surface area contributed by atoms with E-state index in [0.29, 0.717) is 27.1 Å². The van der Waals surface area contributed by atoms with Crippen LogP contribution in [0.25, 0.3) is 6.08 Å². The molecule has 22 heavy (non-hydrogen) atoms. The average molecular weight is 337 g/mol. The van der Waals surface area contributed by atoms with Crippen LogP contribution in [0.5, 0.6) is 11.5 Å². The molecule has 0 radical (unpaired) electrons. The fourth-order valence-electron chi connectivity index (χ4n) is 1.87. The lowest BCUT2D eigenvalue weighted by molar-refractivity contribution is 0.104. The lowest BCUT2D eigenvalue weighted by Crippen LogP contribution is -1.97. The van der Waals surface area contributed by atoms with E-state index in [2.05, 4.69) is 0 Å². The number of rotatable bonds is 5. The largest absolute Gasteiger partial charge is 0.493 e. The minimum atomic E-state index is -0.146. The smallest absolute Gasteiger partial charge is 0.185 e. The molecule has 2 aromatic rings. The Kier molecular flexibility index (Phi) is 5.47. The summed E-state index contributed by atoms with van der Waals surface area (Å²) in [5.41, 5.74) is 1.30. The standard InChI is InChI=1S/C17H14Cl2O3/c1-21-16-8-5-12(10-17(16)22-2)15(20)7-4-11-3-6-13(18)14(19)9-11/h3-10H,1-2H3. The van der Waals surface area contributed by atoms with Crippen LogP contribution in [0.1, 0.15) is 15.9 Å². The van der Waals surface area contributed by atoms with Crippen molar-refractivity contribution in [3.63, 3.8) is 0 Å². The van der Waals surface area contributed by atoms with Crippen LogP contribution < -0.4 is 9.47 Å². The third-order valence-corrected chi connectivity index (χ3v) is 3.78. The zero-order chi connectivity index (χ0) is 16.1. The van der Waals surface area contributed by atoms with Gasteiger partial charge in [0.15, 0.2) is 17.3 Å². The predicted octanol–water partition coefficient (Wildman–Crippen LogP) is 4.91. The topological polar surface area (TPSA) is 35.5 Å². The molecule has 0 amide bonds. The summed E-state index contributed by atoms with van der Waals surface area (Å²) in [5.74, 6) is 0.941. The molecule has 2 rings (SSSR count). The Hall–Kier alpha value is -1.97. The van der Waals surface area contributed by atoms with Gasteiger partial charge in [0.05, 0.1) is 24.3 Å². The van der Waals surface area contributed by atoms with Gasteiger partial charge in [0.1, 0.15) is 0 Å². The van der Waals surface area contributed by atoms with Crippen molar-refractivity contribution in [3.05, 3.63) is 63.6 Å². The van der Waals surface area contributed by atoms with Crippen molar-refractivity contribution in [3.8, 4) is 11.5 Å². The maximum absolute atomic E-state index is 12.2. The second-order valence-electron chi connectivity index (χ2n) is 4.44. The van der Waals surface area contributed by atoms with E-state index in [1.165, 1.54) is 13.2 Å². The number of carbonyl (C=O) groups is 1. The predicted molar refractivity (Wildman–Crippen MR) is 89.4 cm³/mol. The molecule has 0 saturated heterocycles. The van der Waals surface area contributed by atoms with Gasteiger partial charge in [-0.3, -0.25) is 4.79 Å². The van der Waals surface area contributed by atoms with Gasteiger partial charge < -0.3 is 9.47 Å². The van der Waals surface area contributed by atoms with Gasteiger partial charge in [-0.25, -0.2) is 0 Å². The molecule has 0 spiro atoms. The van der Waals surface area contributed by atoms with Crippen LogP contribution in [0.2, 0.25) is 10.0 Å². The van der Waals surface area contributed by atoms with E-state index in [9.17, 15) is 4.79 Å². The van der Waals surface area contributed by atoms with Crippen LogP contribution in [-0.4, -0.2) is 20.0 Å². The molecule has 0 heterocycles. The first-order valence-electron chi connectivity index (χ1n) is 6.44. The van der Waals surface area contributed by atoms with Gasteiger partial charge in [0.25, 0.3) is 0 Å². The molecule has 0 bridgehead atoms. The van der Waals surface area contributed by atoms with E-state index >= 15 is 0 Å². The lowest BCUT2D eigenvalue weighted by atomic mass is 10.1. The van der Waals surface area contributed by atoms with E-state index in [1.807, 2.05) is 0 Å². The third kappa shape index (κ3) is 3.81. The minimum absolute atomic E-state index is 0.146. The highest BCUT2D eigenvalue weighted by atomic mass is 35.5. The van der Waals surface area contributed by atoms with Gasteiger partial charge in [0.2, 0.25) is 0 Å². The maximum atomic E-state index is 12.2. The van der Waals surface area contributed by atoms with Gasteiger partial charge in [-0.15, -0.1) is 0 Å². The number of ketones is 1. The van der Waals surface area contributed by atoms with Gasteiger partial charge in [-0.05, 0) is 42.0 Å². The number of hydrogen-bond donors (Lipinski definition) is 0. The van der Waals surface area contributed by atoms with Crippen LogP contribution in [0.15, 0.2) is 42.5 Å². The summed E-state index contributed by atoms with van der Waals surface area (Å²) in [5, 5.41) is 0.924. The first-order chi connectivity index (χ1) is 10.5. The van der Waals surface area contributed by atoms with Crippen molar-refractivity contribution < 1.29 is 14.3 Å². The molecule has 0 aliphatic carbocycles. The van der Waals surface area contributed by atoms with E-state index in [0.717, 1.165) is 5.56 Å². The Morgan fingerprint density at radius 2 is 1.68 bits per heavy atom. The van der Waals surface area contributed by atoms with Crippen molar-refractivity contribution >= 4 is 35.1 Å². The van der Waals surface area contributed by atoms with Crippen LogP contribution in [-0.2, 0) is 0 Å². The molecule has 2 aromatic carbocycles. The Morgan fingerprint density at radius 3 is 2.32 bits per heavy atom. The summed E-state index contributed by atoms with van der Waals surface area (Å²) in [4.78, 5) is 12.2. The molecule has 0 atom stereocenters. The quantitative estimate of drug-likeness (QED) is 0.575. The maximum Gasteiger partial charge on any atom is 0.185 e. The fourth-order valence-corrected chi connectivity index (χ4v) is 2.18. The number of carbonyl (C=O) groups excluding carboxylic acids is 1. The molecule has 0 saturated carbocycles. The number of hydrogen-bond acceptors (Lipinski definition) is 3. The Bertz CT molecular complexity index is 724. The summed E-state index contributed by atoms with van der Waals surface area (Å²) < 4.78 is 10.3. The molecule has 0 N–H and O–H groups in total. The zero-order valence-electron chi connectivity index (χ0n) is 12.1. The molecular weight excluding hydrogens is 323 g/mol. The van der Waals surface area contributed by atoms with Crippen LogP contribution in [0.4, 0.5) is 0 Å². The molecule has 3 nitrogen and oxygen atoms in total. The molecule has 5 heteroatoms. The summed E-state index contributed by atoms with van der Waals surface area (Å²) in [7, 11) is 3.07. The van der Waals surface area contributed by atoms with Crippen LogP contribution in [0.3, 0.4) is 0 Å². The van der Waals surface area contributed by atoms with Gasteiger partial charge in [-0.1, -0.05) is 35.3 Å². The molecule has 0 fully saturated rings. The van der Waals surface area contributed by atoms with E-state index in [-0.39, 0.29) is 5.78 Å². The van der Waals surface area contributed by atoms with Crippen LogP contribution >= 0.6 is 23.2 Å². The molecule has 0 aromatic heterocycles. The van der Waals surface area contributed by atoms with Crippen molar-refractivity contribution in [1.29, 1.82) is 0 Å². The monoisotopic (exact) mass is 336 g/mol. The number of methoxy groups -OCH3 is 2. The third-order valence-electron chi connectivity index (χ3n) is 3.04. The number of ether oxygens (including phenoxy) is 2. The van der Waals surface area contributed by atoms with Gasteiger partial charge >= 0.3 is 0 Å². The van der Waals surface area contributed by atoms with Crippen molar-refractivity contribution in [2.45, 2.75) is 0 Å². The Labute approximate surface area is 139 Å². The van der Waals surface area contributed by atoms with Crippen molar-refractivity contribution in [1.82, 2.24) is 0 Å². The summed E-state index contributed by atoms with van der Waals surface area (Å²) in [6, 6.07) is 10.2. The first-order valence-corrected chi connectivity index (χ1v) is 7.20. The Balaban J connectivity index is 2.21. The zero-order valence-corrected chi connectivity index (χ0v) is 13.6. The summed E-state index contributed by atoms with van der Waals surface area (Å²) >= 11 is 11.8. The second kappa shape index (κ2) is 7.34. The lowest BCUT2D eigenvalue weighted by Gasteiger charge is -2.08. The SMILES string of the molecule is COc1ccc(C(=O)C=Cc2ccc(Cl)c(Cl)c2)cc1OC. The summed E-state index contributed by atoms with van der Waals surface area (Å²) in [6.07, 6.45) is 3.15. The highest BCUT2D eigenvalue weighted by Crippen LogP contribution is 2.28. The number of benzene rings is 2. The molecule has 114 valence electrons. The highest BCUT2D eigenvalue weighted by molar-refractivity contribution is 6.42. The van der Waals surface area contributed by atoms with E-state index in [4.69, 9.17) is 32.7 Å². The summed E-state index contributed by atoms with van der Waals surface area (Å²) in [6.45, 7) is 0. The van der Waals surface area contributed by atoms with Crippen LogP contribution in [0, 0.1) is 0 Å². The van der Waals surface area contributed by atoms with E-state index in [1.54, 1.807) is 49.6 Å². The number of halogens is 2. The van der Waals surface area contributed by atoms with Crippen molar-refractivity contribution in [2.75, 3.05) is 14.2 Å². The average Bonchev–Trinajstić information content (AvgIpc) is 2.54. The second-order valence-corrected chi connectivity index (χ2v) is 5.26. The number of allylic oxidation sites excluding steroid dienone is 1. The highest BCUT2D eigenvalue weighted by Gasteiger charge is 2.08. The first kappa shape index (κ1) is 16.4. The minimum Gasteiger partial charge on any atom is -0.493 e. The Morgan fingerprint density at radius 1 is 0.955 bits per heavy atom. The fraction of sp³-hybridized carbons (Fsp3) is 0.118. The van der Waals surface area contributed by atoms with Crippen molar-refractivity contribution in [2.24, 2.45) is 0 Å². The molecular formula is C17H14Cl2O3. The molecule has 0 aliphatic heterocycles. The normalized spacial score (nSPS) is 10.7. The molecule has 0 unspecified atom stereocenters.